The summed E-state index contributed by atoms with van der Waals surface area (Å²) in [6, 6.07) is 11.0. The summed E-state index contributed by atoms with van der Waals surface area (Å²) in [5, 5.41) is 10.7. The number of aliphatic hydroxyl groups is 1. The molecule has 2 aromatic rings. The SMILES string of the molecule is CCOc1cc(=O)[nH]c(=O)n1[C@H]1C[C@H](O)[C@@]2(COCc3ccccc3)C[C@H]12. The Bertz CT molecular complexity index is 922. The fourth-order valence-corrected chi connectivity index (χ4v) is 4.42. The minimum absolute atomic E-state index is 0.131. The highest BCUT2D eigenvalue weighted by molar-refractivity contribution is 5.21. The molecular weight excluding hydrogens is 348 g/mol. The lowest BCUT2D eigenvalue weighted by Gasteiger charge is -2.20. The molecule has 4 atom stereocenters. The number of aromatic amines is 1. The summed E-state index contributed by atoms with van der Waals surface area (Å²) in [5.41, 5.74) is -0.202. The summed E-state index contributed by atoms with van der Waals surface area (Å²) in [7, 11) is 0. The average molecular weight is 372 g/mol. The van der Waals surface area contributed by atoms with E-state index in [0.29, 0.717) is 26.2 Å². The van der Waals surface area contributed by atoms with Gasteiger partial charge in [-0.05, 0) is 31.2 Å². The highest BCUT2D eigenvalue weighted by Crippen LogP contribution is 2.67. The number of nitrogens with zero attached hydrogens (tertiary/aromatic N) is 1. The van der Waals surface area contributed by atoms with Gasteiger partial charge < -0.3 is 14.6 Å². The van der Waals surface area contributed by atoms with Crippen molar-refractivity contribution in [3.63, 3.8) is 0 Å². The zero-order valence-electron chi connectivity index (χ0n) is 15.3. The number of fused-ring (bicyclic) bond motifs is 1. The predicted octanol–water partition coefficient (Wildman–Crippen LogP) is 1.46. The van der Waals surface area contributed by atoms with Gasteiger partial charge in [0.1, 0.15) is 0 Å². The Hall–Kier alpha value is -2.38. The minimum Gasteiger partial charge on any atom is -0.479 e. The zero-order chi connectivity index (χ0) is 19.0. The molecule has 0 bridgehead atoms. The fraction of sp³-hybridized carbons (Fsp3) is 0.500. The van der Waals surface area contributed by atoms with Gasteiger partial charge in [-0.15, -0.1) is 0 Å². The molecular formula is C20H24N2O5. The lowest BCUT2D eigenvalue weighted by Crippen LogP contribution is -2.34. The summed E-state index contributed by atoms with van der Waals surface area (Å²) in [5.74, 6) is 0.391. The van der Waals surface area contributed by atoms with Crippen LogP contribution < -0.4 is 16.0 Å². The van der Waals surface area contributed by atoms with Gasteiger partial charge in [-0.2, -0.15) is 0 Å². The zero-order valence-corrected chi connectivity index (χ0v) is 15.3. The van der Waals surface area contributed by atoms with Crippen molar-refractivity contribution in [2.24, 2.45) is 11.3 Å². The number of H-pyrrole nitrogens is 1. The monoisotopic (exact) mass is 372 g/mol. The second-order valence-corrected chi connectivity index (χ2v) is 7.42. The average Bonchev–Trinajstić information content (AvgIpc) is 3.30. The van der Waals surface area contributed by atoms with E-state index in [0.717, 1.165) is 12.0 Å². The first kappa shape index (κ1) is 18.0. The third-order valence-corrected chi connectivity index (χ3v) is 5.82. The van der Waals surface area contributed by atoms with Gasteiger partial charge in [-0.1, -0.05) is 30.3 Å². The lowest BCUT2D eigenvalue weighted by atomic mass is 10.0. The molecule has 0 unspecified atom stereocenters. The van der Waals surface area contributed by atoms with Crippen LogP contribution >= 0.6 is 0 Å². The van der Waals surface area contributed by atoms with E-state index >= 15 is 0 Å². The van der Waals surface area contributed by atoms with Crippen LogP contribution in [0.4, 0.5) is 0 Å². The van der Waals surface area contributed by atoms with E-state index in [4.69, 9.17) is 9.47 Å². The maximum absolute atomic E-state index is 12.4. The third kappa shape index (κ3) is 3.21. The van der Waals surface area contributed by atoms with Crippen LogP contribution in [0.25, 0.3) is 0 Å². The molecule has 0 radical (unpaired) electrons. The van der Waals surface area contributed by atoms with Crippen LogP contribution in [0.3, 0.4) is 0 Å². The third-order valence-electron chi connectivity index (χ3n) is 5.82. The van der Waals surface area contributed by atoms with E-state index in [1.54, 1.807) is 6.92 Å². The van der Waals surface area contributed by atoms with Crippen LogP contribution in [0.15, 0.2) is 46.0 Å². The standard InChI is InChI=1S/C20H24N2O5/c1-2-27-18-9-17(24)21-19(25)22(18)15-8-16(23)20(10-14(15)20)12-26-11-13-6-4-3-5-7-13/h3-7,9,14-16,23H,2,8,10-12H2,1H3,(H,21,24,25)/t14-,15+,16+,20-/m1/s1. The van der Waals surface area contributed by atoms with Gasteiger partial charge in [0.25, 0.3) is 5.56 Å². The van der Waals surface area contributed by atoms with Crippen molar-refractivity contribution in [2.45, 2.75) is 38.5 Å². The lowest BCUT2D eigenvalue weighted by molar-refractivity contribution is 0.0133. The molecule has 7 heteroatoms. The largest absolute Gasteiger partial charge is 0.479 e. The van der Waals surface area contributed by atoms with Crippen molar-refractivity contribution >= 4 is 0 Å². The highest BCUT2D eigenvalue weighted by atomic mass is 16.5. The molecule has 2 saturated carbocycles. The number of ether oxygens (including phenoxy) is 2. The van der Waals surface area contributed by atoms with Crippen molar-refractivity contribution in [3.05, 3.63) is 62.8 Å². The van der Waals surface area contributed by atoms with Crippen molar-refractivity contribution in [2.75, 3.05) is 13.2 Å². The quantitative estimate of drug-likeness (QED) is 0.768. The predicted molar refractivity (Wildman–Crippen MR) is 98.8 cm³/mol. The summed E-state index contributed by atoms with van der Waals surface area (Å²) < 4.78 is 12.9. The maximum Gasteiger partial charge on any atom is 0.331 e. The molecule has 2 aliphatic carbocycles. The number of benzene rings is 1. The Balaban J connectivity index is 1.51. The van der Waals surface area contributed by atoms with E-state index in [1.807, 2.05) is 30.3 Å². The molecule has 0 spiro atoms. The summed E-state index contributed by atoms with van der Waals surface area (Å²) in [6.07, 6.45) is 0.701. The summed E-state index contributed by atoms with van der Waals surface area (Å²) in [4.78, 5) is 26.3. The highest BCUT2D eigenvalue weighted by Gasteiger charge is 2.67. The summed E-state index contributed by atoms with van der Waals surface area (Å²) >= 11 is 0. The Morgan fingerprint density at radius 3 is 2.78 bits per heavy atom. The molecule has 144 valence electrons. The van der Waals surface area contributed by atoms with E-state index in [9.17, 15) is 14.7 Å². The van der Waals surface area contributed by atoms with Gasteiger partial charge in [-0.25, -0.2) is 4.79 Å². The number of hydrogen-bond acceptors (Lipinski definition) is 5. The van der Waals surface area contributed by atoms with Crippen molar-refractivity contribution in [1.82, 2.24) is 9.55 Å². The first-order chi connectivity index (χ1) is 13.0. The number of aliphatic hydroxyl groups excluding tert-OH is 1. The summed E-state index contributed by atoms with van der Waals surface area (Å²) in [6.45, 7) is 3.11. The van der Waals surface area contributed by atoms with Crippen LogP contribution in [-0.4, -0.2) is 34.0 Å². The molecule has 2 N–H and O–H groups in total. The van der Waals surface area contributed by atoms with Gasteiger partial charge in [0.2, 0.25) is 5.88 Å². The van der Waals surface area contributed by atoms with E-state index in [-0.39, 0.29) is 23.3 Å². The van der Waals surface area contributed by atoms with Crippen molar-refractivity contribution in [1.29, 1.82) is 0 Å². The van der Waals surface area contributed by atoms with Gasteiger partial charge >= 0.3 is 5.69 Å². The molecule has 0 aliphatic heterocycles. The van der Waals surface area contributed by atoms with Gasteiger partial charge in [0.15, 0.2) is 0 Å². The van der Waals surface area contributed by atoms with Gasteiger partial charge in [-0.3, -0.25) is 14.3 Å². The van der Waals surface area contributed by atoms with Crippen molar-refractivity contribution in [3.8, 4) is 5.88 Å². The van der Waals surface area contributed by atoms with Crippen LogP contribution in [-0.2, 0) is 11.3 Å². The number of aromatic nitrogens is 2. The normalized spacial score (nSPS) is 28.7. The molecule has 2 aliphatic rings. The minimum atomic E-state index is -0.545. The Morgan fingerprint density at radius 1 is 1.30 bits per heavy atom. The molecule has 1 heterocycles. The Labute approximate surface area is 156 Å². The van der Waals surface area contributed by atoms with Crippen LogP contribution in [0, 0.1) is 11.3 Å². The number of hydrogen-bond donors (Lipinski definition) is 2. The first-order valence-corrected chi connectivity index (χ1v) is 9.33. The smallest absolute Gasteiger partial charge is 0.331 e. The molecule has 1 aromatic heterocycles. The molecule has 2 fully saturated rings. The number of rotatable bonds is 7. The van der Waals surface area contributed by atoms with Crippen LogP contribution in [0.1, 0.15) is 31.4 Å². The number of nitrogens with one attached hydrogen (secondary N) is 1. The van der Waals surface area contributed by atoms with Gasteiger partial charge in [0, 0.05) is 11.5 Å². The van der Waals surface area contributed by atoms with Crippen LogP contribution in [0.2, 0.25) is 0 Å². The molecule has 0 amide bonds. The topological polar surface area (TPSA) is 93.6 Å². The second-order valence-electron chi connectivity index (χ2n) is 7.42. The second kappa shape index (κ2) is 6.98. The van der Waals surface area contributed by atoms with Crippen LogP contribution in [0.5, 0.6) is 5.88 Å². The fourth-order valence-electron chi connectivity index (χ4n) is 4.42. The molecule has 0 saturated heterocycles. The molecule has 27 heavy (non-hydrogen) atoms. The molecule has 1 aromatic carbocycles. The Kier molecular flexibility index (Phi) is 4.65. The molecule has 4 rings (SSSR count). The van der Waals surface area contributed by atoms with E-state index in [1.165, 1.54) is 10.6 Å². The first-order valence-electron chi connectivity index (χ1n) is 9.33. The molecule has 7 nitrogen and oxygen atoms in total. The maximum atomic E-state index is 12.4. The van der Waals surface area contributed by atoms with E-state index < -0.39 is 17.4 Å². The van der Waals surface area contributed by atoms with Crippen molar-refractivity contribution < 1.29 is 14.6 Å². The van der Waals surface area contributed by atoms with E-state index in [2.05, 4.69) is 4.98 Å². The Morgan fingerprint density at radius 2 is 2.07 bits per heavy atom. The van der Waals surface area contributed by atoms with Gasteiger partial charge in [0.05, 0.1) is 32.0 Å².